The van der Waals surface area contributed by atoms with E-state index in [0.717, 1.165) is 58.4 Å². The number of likely N-dealkylation sites (tertiary alicyclic amines) is 1. The zero-order chi connectivity index (χ0) is 16.9. The number of amides is 2. The van der Waals surface area contributed by atoms with Crippen LogP contribution in [0.2, 0.25) is 0 Å². The number of carbonyl (C=O) groups is 2. The van der Waals surface area contributed by atoms with Crippen LogP contribution in [0.25, 0.3) is 0 Å². The number of nitrogens with two attached hydrogens (primary N) is 1. The Kier molecular flexibility index (Phi) is 6.41. The zero-order valence-corrected chi connectivity index (χ0v) is 14.6. The molecule has 1 unspecified atom stereocenters. The molecule has 6 heteroatoms. The number of nitrogens with zero attached hydrogens (tertiary/aromatic N) is 2. The second kappa shape index (κ2) is 8.11. The van der Waals surface area contributed by atoms with E-state index in [1.807, 2.05) is 23.6 Å². The fourth-order valence-electron chi connectivity index (χ4n) is 3.77. The molecule has 0 saturated carbocycles. The summed E-state index contributed by atoms with van der Waals surface area (Å²) in [4.78, 5) is 29.5. The van der Waals surface area contributed by atoms with Crippen LogP contribution in [0.15, 0.2) is 0 Å². The van der Waals surface area contributed by atoms with Crippen LogP contribution < -0.4 is 11.1 Å². The van der Waals surface area contributed by atoms with Crippen molar-refractivity contribution in [2.75, 3.05) is 45.8 Å². The fraction of sp³-hybridized carbons (Fsp3) is 0.882. The van der Waals surface area contributed by atoms with Crippen LogP contribution in [0, 0.1) is 11.3 Å². The maximum atomic E-state index is 13.0. The first-order chi connectivity index (χ1) is 11.1. The molecule has 2 saturated heterocycles. The summed E-state index contributed by atoms with van der Waals surface area (Å²) >= 11 is 0. The summed E-state index contributed by atoms with van der Waals surface area (Å²) in [5, 5.41) is 3.27. The Hall–Kier alpha value is -1.14. The molecule has 3 N–H and O–H groups in total. The average molecular weight is 324 g/mol. The van der Waals surface area contributed by atoms with Crippen LogP contribution >= 0.6 is 0 Å². The lowest BCUT2D eigenvalue weighted by molar-refractivity contribution is -0.147. The van der Waals surface area contributed by atoms with Crippen LogP contribution in [0.1, 0.15) is 39.5 Å². The molecule has 2 amide bonds. The lowest BCUT2D eigenvalue weighted by Crippen LogP contribution is -2.54. The van der Waals surface area contributed by atoms with E-state index in [2.05, 4.69) is 5.32 Å². The summed E-state index contributed by atoms with van der Waals surface area (Å²) in [6.45, 7) is 9.04. The molecule has 0 aromatic carbocycles. The Balaban J connectivity index is 2.02. The maximum absolute atomic E-state index is 13.0. The van der Waals surface area contributed by atoms with Crippen LogP contribution in [0.4, 0.5) is 0 Å². The van der Waals surface area contributed by atoms with E-state index in [1.165, 1.54) is 0 Å². The van der Waals surface area contributed by atoms with Gasteiger partial charge in [-0.2, -0.15) is 0 Å². The van der Waals surface area contributed by atoms with Crippen LogP contribution in [0.3, 0.4) is 0 Å². The van der Waals surface area contributed by atoms with Crippen LogP contribution in [-0.4, -0.2) is 67.4 Å². The summed E-state index contributed by atoms with van der Waals surface area (Å²) < 4.78 is 0. The molecule has 0 aromatic heterocycles. The molecule has 23 heavy (non-hydrogen) atoms. The molecule has 2 fully saturated rings. The number of piperazine rings is 1. The van der Waals surface area contributed by atoms with E-state index < -0.39 is 5.41 Å². The first kappa shape index (κ1) is 18.2. The molecule has 6 nitrogen and oxygen atoms in total. The monoisotopic (exact) mass is 324 g/mol. The Morgan fingerprint density at radius 3 is 2.35 bits per heavy atom. The molecular weight excluding hydrogens is 292 g/mol. The highest BCUT2D eigenvalue weighted by atomic mass is 16.2. The first-order valence-corrected chi connectivity index (χ1v) is 9.07. The van der Waals surface area contributed by atoms with Gasteiger partial charge in [0.25, 0.3) is 0 Å². The molecule has 1 atom stereocenters. The number of hydrogen-bond donors (Lipinski definition) is 2. The molecule has 0 radical (unpaired) electrons. The average Bonchev–Trinajstić information content (AvgIpc) is 2.63. The van der Waals surface area contributed by atoms with Crippen molar-refractivity contribution in [3.8, 4) is 0 Å². The molecule has 0 aliphatic carbocycles. The van der Waals surface area contributed by atoms with Crippen molar-refractivity contribution in [3.05, 3.63) is 0 Å². The molecule has 132 valence electrons. The number of rotatable bonds is 5. The van der Waals surface area contributed by atoms with E-state index in [9.17, 15) is 9.59 Å². The summed E-state index contributed by atoms with van der Waals surface area (Å²) in [5.41, 5.74) is 5.46. The Morgan fingerprint density at radius 2 is 1.78 bits per heavy atom. The molecule has 2 rings (SSSR count). The van der Waals surface area contributed by atoms with Gasteiger partial charge in [-0.25, -0.2) is 0 Å². The normalized spacial score (nSPS) is 23.0. The predicted molar refractivity (Wildman–Crippen MR) is 90.8 cm³/mol. The van der Waals surface area contributed by atoms with Gasteiger partial charge in [0.2, 0.25) is 11.8 Å². The van der Waals surface area contributed by atoms with Crippen molar-refractivity contribution in [1.82, 2.24) is 15.1 Å². The lowest BCUT2D eigenvalue weighted by atomic mass is 9.80. The first-order valence-electron chi connectivity index (χ1n) is 9.07. The number of hydrogen-bond acceptors (Lipinski definition) is 4. The molecule has 2 aliphatic rings. The molecule has 2 heterocycles. The summed E-state index contributed by atoms with van der Waals surface area (Å²) in [6, 6.07) is 0. The molecule has 0 bridgehead atoms. The van der Waals surface area contributed by atoms with Gasteiger partial charge in [0.15, 0.2) is 0 Å². The van der Waals surface area contributed by atoms with Gasteiger partial charge in [0.1, 0.15) is 0 Å². The van der Waals surface area contributed by atoms with E-state index in [0.29, 0.717) is 13.1 Å². The summed E-state index contributed by atoms with van der Waals surface area (Å²) in [6.07, 6.45) is 3.31. The van der Waals surface area contributed by atoms with Crippen LogP contribution in [-0.2, 0) is 9.59 Å². The highest BCUT2D eigenvalue weighted by Crippen LogP contribution is 2.30. The van der Waals surface area contributed by atoms with Crippen molar-refractivity contribution >= 4 is 11.8 Å². The van der Waals surface area contributed by atoms with Crippen molar-refractivity contribution in [2.24, 2.45) is 17.1 Å². The Morgan fingerprint density at radius 1 is 1.13 bits per heavy atom. The van der Waals surface area contributed by atoms with Crippen molar-refractivity contribution in [1.29, 1.82) is 0 Å². The summed E-state index contributed by atoms with van der Waals surface area (Å²) in [7, 11) is 0. The van der Waals surface area contributed by atoms with E-state index in [4.69, 9.17) is 5.73 Å². The molecule has 0 spiro atoms. The van der Waals surface area contributed by atoms with Gasteiger partial charge >= 0.3 is 0 Å². The number of carbonyl (C=O) groups excluding carboxylic acids is 2. The standard InChI is InChI=1S/C17H32N4O2/c1-3-17(4-2,13-18)16(23)21-9-5-6-14(12-21)15(22)20-10-7-19-8-11-20/h14,19H,3-13,18H2,1-2H3. The smallest absolute Gasteiger partial charge is 0.230 e. The minimum atomic E-state index is -0.458. The predicted octanol–water partition coefficient (Wildman–Crippen LogP) is 0.422. The van der Waals surface area contributed by atoms with Gasteiger partial charge in [0.05, 0.1) is 11.3 Å². The molecular formula is C17H32N4O2. The van der Waals surface area contributed by atoms with E-state index >= 15 is 0 Å². The quantitative estimate of drug-likeness (QED) is 0.768. The molecule has 0 aromatic rings. The SMILES string of the molecule is CCC(CC)(CN)C(=O)N1CCCC(C(=O)N2CCNCC2)C1. The highest BCUT2D eigenvalue weighted by Gasteiger charge is 2.40. The van der Waals surface area contributed by atoms with E-state index in [-0.39, 0.29) is 17.7 Å². The van der Waals surface area contributed by atoms with Gasteiger partial charge in [-0.05, 0) is 25.7 Å². The lowest BCUT2D eigenvalue weighted by Gasteiger charge is -2.40. The minimum absolute atomic E-state index is 0.0463. The third kappa shape index (κ3) is 3.86. The van der Waals surface area contributed by atoms with Crippen molar-refractivity contribution in [2.45, 2.75) is 39.5 Å². The second-order valence-corrected chi connectivity index (χ2v) is 6.86. The van der Waals surface area contributed by atoms with Crippen molar-refractivity contribution < 1.29 is 9.59 Å². The van der Waals surface area contributed by atoms with Gasteiger partial charge in [0, 0.05) is 45.8 Å². The van der Waals surface area contributed by atoms with Crippen molar-refractivity contribution in [3.63, 3.8) is 0 Å². The fourth-order valence-corrected chi connectivity index (χ4v) is 3.77. The van der Waals surface area contributed by atoms with Gasteiger partial charge in [-0.1, -0.05) is 13.8 Å². The van der Waals surface area contributed by atoms with Gasteiger partial charge < -0.3 is 20.9 Å². The number of nitrogens with one attached hydrogen (secondary N) is 1. The van der Waals surface area contributed by atoms with Gasteiger partial charge in [-0.15, -0.1) is 0 Å². The third-order valence-corrected chi connectivity index (χ3v) is 5.68. The zero-order valence-electron chi connectivity index (χ0n) is 14.6. The van der Waals surface area contributed by atoms with Gasteiger partial charge in [-0.3, -0.25) is 9.59 Å². The topological polar surface area (TPSA) is 78.7 Å². The van der Waals surface area contributed by atoms with Crippen LogP contribution in [0.5, 0.6) is 0 Å². The Labute approximate surface area is 139 Å². The largest absolute Gasteiger partial charge is 0.341 e. The highest BCUT2D eigenvalue weighted by molar-refractivity contribution is 5.85. The maximum Gasteiger partial charge on any atom is 0.230 e. The Bertz CT molecular complexity index is 409. The third-order valence-electron chi connectivity index (χ3n) is 5.68. The number of piperidine rings is 1. The summed E-state index contributed by atoms with van der Waals surface area (Å²) in [5.74, 6) is 0.313. The van der Waals surface area contributed by atoms with E-state index in [1.54, 1.807) is 0 Å². The molecule has 2 aliphatic heterocycles. The second-order valence-electron chi connectivity index (χ2n) is 6.86. The minimum Gasteiger partial charge on any atom is -0.341 e.